The summed E-state index contributed by atoms with van der Waals surface area (Å²) in [5, 5.41) is 0. The number of primary amides is 1. The Morgan fingerprint density at radius 3 is 2.42 bits per heavy atom. The van der Waals surface area contributed by atoms with E-state index in [9.17, 15) is 14.4 Å². The number of aryl methyl sites for hydroxylation is 1. The van der Waals surface area contributed by atoms with Gasteiger partial charge in [0.05, 0.1) is 0 Å². The molecule has 2 N–H and O–H groups in total. The quantitative estimate of drug-likeness (QED) is 0.376. The summed E-state index contributed by atoms with van der Waals surface area (Å²) in [5.74, 6) is -0.692. The van der Waals surface area contributed by atoms with Crippen molar-refractivity contribution in [3.05, 3.63) is 110 Å². The summed E-state index contributed by atoms with van der Waals surface area (Å²) in [6.45, 7) is 2.42. The Bertz CT molecular complexity index is 1390. The Labute approximate surface area is 211 Å². The second-order valence-electron chi connectivity index (χ2n) is 7.32. The number of amides is 1. The van der Waals surface area contributed by atoms with Gasteiger partial charge in [0.15, 0.2) is 5.69 Å². The maximum atomic E-state index is 11.5. The van der Waals surface area contributed by atoms with E-state index in [1.165, 1.54) is 0 Å². The number of benzene rings is 3. The Kier molecular flexibility index (Phi) is 7.75. The van der Waals surface area contributed by atoms with Gasteiger partial charge in [-0.1, -0.05) is 36.4 Å². The summed E-state index contributed by atoms with van der Waals surface area (Å²) in [6, 6.07) is 20.5. The largest absolute Gasteiger partial charge is 1.00 e. The molecule has 0 unspecified atom stereocenters. The van der Waals surface area contributed by atoms with Crippen LogP contribution in [0.25, 0.3) is 11.1 Å². The van der Waals surface area contributed by atoms with Crippen LogP contribution >= 0.6 is 0 Å². The summed E-state index contributed by atoms with van der Waals surface area (Å²) in [7, 11) is 0. The number of nitrogens with zero attached hydrogens (tertiary/aromatic N) is 2. The van der Waals surface area contributed by atoms with Gasteiger partial charge in [0.1, 0.15) is 12.4 Å². The van der Waals surface area contributed by atoms with Gasteiger partial charge in [0.25, 0.3) is 0 Å². The Balaban J connectivity index is 0.00000306. The monoisotopic (exact) mass is 453 g/mol. The molecule has 4 aromatic rings. The number of ether oxygens (including phenoxy) is 1. The molecule has 0 atom stereocenters. The van der Waals surface area contributed by atoms with E-state index in [4.69, 9.17) is 15.0 Å². The Morgan fingerprint density at radius 2 is 1.79 bits per heavy atom. The number of carbonyl (C=O) groups is 1. The molecule has 3 aromatic carbocycles. The van der Waals surface area contributed by atoms with Crippen molar-refractivity contribution in [3.8, 4) is 16.9 Å². The van der Waals surface area contributed by atoms with Crippen LogP contribution in [0.4, 0.5) is 0 Å². The first-order valence-electron chi connectivity index (χ1n) is 9.86. The SMILES string of the molecule is Cc1cc(C(N)=O)ccc1-c1cccc(COc2ccc(Cn3oc(=O)[n-]c3=O)cc2)c1.[Na+]. The molecule has 1 amide bonds. The van der Waals surface area contributed by atoms with Crippen LogP contribution in [0.1, 0.15) is 27.0 Å². The van der Waals surface area contributed by atoms with Crippen molar-refractivity contribution < 1.29 is 43.6 Å². The molecule has 4 rings (SSSR count). The smallest absolute Gasteiger partial charge is 0.489 e. The third-order valence-corrected chi connectivity index (χ3v) is 4.99. The van der Waals surface area contributed by atoms with Crippen LogP contribution < -0.4 is 56.5 Å². The van der Waals surface area contributed by atoms with Crippen LogP contribution in [0.2, 0.25) is 0 Å². The van der Waals surface area contributed by atoms with Crippen molar-refractivity contribution >= 4 is 5.91 Å². The molecule has 1 aromatic heterocycles. The maximum absolute atomic E-state index is 11.5. The summed E-state index contributed by atoms with van der Waals surface area (Å²) >= 11 is 0. The van der Waals surface area contributed by atoms with Gasteiger partial charge in [0, 0.05) is 12.1 Å². The van der Waals surface area contributed by atoms with E-state index in [2.05, 4.69) is 4.98 Å². The van der Waals surface area contributed by atoms with Gasteiger partial charge >= 0.3 is 35.3 Å². The third kappa shape index (κ3) is 5.92. The van der Waals surface area contributed by atoms with E-state index in [1.807, 2.05) is 37.3 Å². The van der Waals surface area contributed by atoms with Gasteiger partial charge in [-0.2, -0.15) is 0 Å². The number of hydrogen-bond donors (Lipinski definition) is 1. The third-order valence-electron chi connectivity index (χ3n) is 4.99. The van der Waals surface area contributed by atoms with Crippen LogP contribution in [-0.4, -0.2) is 10.6 Å². The topological polar surface area (TPSA) is 119 Å². The van der Waals surface area contributed by atoms with Crippen molar-refractivity contribution in [2.75, 3.05) is 0 Å². The summed E-state index contributed by atoms with van der Waals surface area (Å²) in [5.41, 5.74) is 9.88. The molecule has 0 saturated heterocycles. The van der Waals surface area contributed by atoms with E-state index in [0.29, 0.717) is 17.9 Å². The van der Waals surface area contributed by atoms with Crippen molar-refractivity contribution in [2.45, 2.75) is 20.1 Å². The zero-order valence-corrected chi connectivity index (χ0v) is 20.3. The molecular formula is C24H20N3NaO5. The molecule has 0 saturated carbocycles. The van der Waals surface area contributed by atoms with Gasteiger partial charge in [-0.05, 0) is 65.1 Å². The average molecular weight is 453 g/mol. The molecule has 33 heavy (non-hydrogen) atoms. The maximum Gasteiger partial charge on any atom is 1.00 e. The minimum atomic E-state index is -0.906. The minimum Gasteiger partial charge on any atom is -0.489 e. The van der Waals surface area contributed by atoms with E-state index < -0.39 is 17.4 Å². The van der Waals surface area contributed by atoms with Crippen LogP contribution in [0.5, 0.6) is 5.75 Å². The van der Waals surface area contributed by atoms with Gasteiger partial charge in [-0.25, -0.2) is 4.79 Å². The zero-order valence-electron chi connectivity index (χ0n) is 18.3. The molecule has 1 heterocycles. The van der Waals surface area contributed by atoms with E-state index in [0.717, 1.165) is 32.6 Å². The number of nitrogens with two attached hydrogens (primary N) is 1. The molecule has 0 aliphatic heterocycles. The van der Waals surface area contributed by atoms with Crippen LogP contribution in [0, 0.1) is 6.92 Å². The standard InChI is InChI=1S/C24H21N3O5.Na/c1-15-11-19(22(25)28)7-10-21(15)18-4-2-3-17(12-18)14-31-20-8-5-16(6-9-20)13-27-23(29)26-24(30)32-27;/h2-12H,13-14H2,1H3,(H3,25,26,28,29,30);/q;+1/p-1. The fourth-order valence-electron chi connectivity index (χ4n) is 3.38. The van der Waals surface area contributed by atoms with E-state index in [-0.39, 0.29) is 36.1 Å². The molecule has 0 radical (unpaired) electrons. The number of hydrogen-bond acceptors (Lipinski definition) is 5. The molecule has 0 bridgehead atoms. The zero-order chi connectivity index (χ0) is 22.7. The minimum absolute atomic E-state index is 0. The van der Waals surface area contributed by atoms with Crippen molar-refractivity contribution in [1.82, 2.24) is 9.72 Å². The first-order valence-corrected chi connectivity index (χ1v) is 9.86. The molecule has 8 nitrogen and oxygen atoms in total. The Hall–Kier alpha value is -3.33. The number of carbonyl (C=O) groups excluding carboxylic acids is 1. The fraction of sp³-hybridized carbons (Fsp3) is 0.125. The van der Waals surface area contributed by atoms with Gasteiger partial charge in [0.2, 0.25) is 5.91 Å². The van der Waals surface area contributed by atoms with Crippen LogP contribution in [0.15, 0.2) is 80.8 Å². The first kappa shape index (κ1) is 24.3. The average Bonchev–Trinajstić information content (AvgIpc) is 3.09. The first-order chi connectivity index (χ1) is 15.4. The summed E-state index contributed by atoms with van der Waals surface area (Å²) in [4.78, 5) is 37.0. The Morgan fingerprint density at radius 1 is 1.03 bits per heavy atom. The molecule has 0 aliphatic rings. The van der Waals surface area contributed by atoms with Gasteiger partial charge < -0.3 is 20.0 Å². The van der Waals surface area contributed by atoms with Crippen molar-refractivity contribution in [3.63, 3.8) is 0 Å². The van der Waals surface area contributed by atoms with Crippen LogP contribution in [0.3, 0.4) is 0 Å². The van der Waals surface area contributed by atoms with Crippen LogP contribution in [-0.2, 0) is 13.2 Å². The summed E-state index contributed by atoms with van der Waals surface area (Å²) < 4.78 is 11.5. The van der Waals surface area contributed by atoms with Crippen molar-refractivity contribution in [1.29, 1.82) is 0 Å². The molecule has 0 aliphatic carbocycles. The molecule has 9 heteroatoms. The molecule has 0 fully saturated rings. The normalized spacial score (nSPS) is 10.5. The predicted molar refractivity (Wildman–Crippen MR) is 118 cm³/mol. The molecular weight excluding hydrogens is 433 g/mol. The predicted octanol–water partition coefficient (Wildman–Crippen LogP) is -0.536. The van der Waals surface area contributed by atoms with Crippen molar-refractivity contribution in [2.24, 2.45) is 5.73 Å². The van der Waals surface area contributed by atoms with Gasteiger partial charge in [-0.3, -0.25) is 14.3 Å². The fourth-order valence-corrected chi connectivity index (χ4v) is 3.38. The summed E-state index contributed by atoms with van der Waals surface area (Å²) in [6.07, 6.45) is 0. The van der Waals surface area contributed by atoms with E-state index >= 15 is 0 Å². The number of rotatable bonds is 7. The number of aromatic nitrogens is 2. The van der Waals surface area contributed by atoms with Gasteiger partial charge in [-0.15, -0.1) is 0 Å². The molecule has 162 valence electrons. The molecule has 0 spiro atoms. The van der Waals surface area contributed by atoms with E-state index in [1.54, 1.807) is 36.4 Å². The second-order valence-corrected chi connectivity index (χ2v) is 7.32. The second kappa shape index (κ2) is 10.5.